The molecule has 0 unspecified atom stereocenters. The first-order chi connectivity index (χ1) is 12.9. The highest BCUT2D eigenvalue weighted by Gasteiger charge is 2.25. The molecule has 1 N–H and O–H groups in total. The summed E-state index contributed by atoms with van der Waals surface area (Å²) in [7, 11) is 1.35. The van der Waals surface area contributed by atoms with Crippen LogP contribution in [0.2, 0.25) is 0 Å². The number of ketones is 1. The van der Waals surface area contributed by atoms with Crippen molar-refractivity contribution in [1.82, 2.24) is 9.88 Å². The molecule has 2 aromatic rings. The zero-order chi connectivity index (χ0) is 19.6. The van der Waals surface area contributed by atoms with Gasteiger partial charge in [0.1, 0.15) is 0 Å². The quantitative estimate of drug-likeness (QED) is 0.648. The maximum absolute atomic E-state index is 12.8. The van der Waals surface area contributed by atoms with Crippen LogP contribution >= 0.6 is 0 Å². The van der Waals surface area contributed by atoms with Crippen LogP contribution < -0.4 is 4.90 Å². The van der Waals surface area contributed by atoms with Gasteiger partial charge in [0.25, 0.3) is 0 Å². The fraction of sp³-hybridized carbons (Fsp3) is 0.429. The number of H-pyrrole nitrogens is 1. The van der Waals surface area contributed by atoms with Crippen molar-refractivity contribution in [2.24, 2.45) is 0 Å². The highest BCUT2D eigenvalue weighted by atomic mass is 16.5. The number of carbonyl (C=O) groups excluding carboxylic acids is 2. The van der Waals surface area contributed by atoms with E-state index in [-0.39, 0.29) is 5.78 Å². The molecule has 3 rings (SSSR count). The largest absolute Gasteiger partial charge is 0.465 e. The number of benzene rings is 1. The standard InChI is InChI=1S/C21H27N3O3/c1-14-7-5-6-8-17(14)24-11-9-23(10-12-24)13-18(25)20-15(2)19(16(3)22-20)21(26)27-4/h5-8,22H,9-13H2,1-4H3. The van der Waals surface area contributed by atoms with Gasteiger partial charge in [0.2, 0.25) is 0 Å². The molecule has 1 aromatic carbocycles. The van der Waals surface area contributed by atoms with Crippen LogP contribution in [-0.4, -0.2) is 61.5 Å². The minimum absolute atomic E-state index is 0.00935. The van der Waals surface area contributed by atoms with Crippen molar-refractivity contribution in [1.29, 1.82) is 0 Å². The Morgan fingerprint density at radius 1 is 1.07 bits per heavy atom. The molecular weight excluding hydrogens is 342 g/mol. The minimum atomic E-state index is -0.410. The average molecular weight is 369 g/mol. The number of nitrogens with zero attached hydrogens (tertiary/aromatic N) is 2. The van der Waals surface area contributed by atoms with E-state index in [1.54, 1.807) is 13.8 Å². The molecule has 1 fully saturated rings. The zero-order valence-electron chi connectivity index (χ0n) is 16.5. The van der Waals surface area contributed by atoms with E-state index in [0.29, 0.717) is 29.1 Å². The summed E-state index contributed by atoms with van der Waals surface area (Å²) in [5.41, 5.74) is 4.85. The smallest absolute Gasteiger partial charge is 0.339 e. The monoisotopic (exact) mass is 369 g/mol. The lowest BCUT2D eigenvalue weighted by Gasteiger charge is -2.36. The maximum atomic E-state index is 12.8. The van der Waals surface area contributed by atoms with Crippen LogP contribution in [0.5, 0.6) is 0 Å². The fourth-order valence-corrected chi connectivity index (χ4v) is 3.78. The number of aryl methyl sites for hydroxylation is 2. The molecule has 0 atom stereocenters. The second-order valence-corrected chi connectivity index (χ2v) is 7.09. The normalized spacial score (nSPS) is 15.0. The van der Waals surface area contributed by atoms with Crippen LogP contribution in [0.25, 0.3) is 0 Å². The fourth-order valence-electron chi connectivity index (χ4n) is 3.78. The number of rotatable bonds is 5. The number of anilines is 1. The number of ether oxygens (including phenoxy) is 1. The van der Waals surface area contributed by atoms with Gasteiger partial charge in [0.05, 0.1) is 24.9 Å². The summed E-state index contributed by atoms with van der Waals surface area (Å²) in [5, 5.41) is 0. The SMILES string of the molecule is COC(=O)c1c(C)[nH]c(C(=O)CN2CCN(c3ccccc3C)CC2)c1C. The molecule has 1 saturated heterocycles. The zero-order valence-corrected chi connectivity index (χ0v) is 16.5. The van der Waals surface area contributed by atoms with E-state index in [0.717, 1.165) is 26.2 Å². The predicted octanol–water partition coefficient (Wildman–Crippen LogP) is 2.73. The van der Waals surface area contributed by atoms with Gasteiger partial charge in [-0.05, 0) is 38.0 Å². The summed E-state index contributed by atoms with van der Waals surface area (Å²) in [6.07, 6.45) is 0. The second-order valence-electron chi connectivity index (χ2n) is 7.09. The Labute approximate surface area is 160 Å². The highest BCUT2D eigenvalue weighted by Crippen LogP contribution is 2.22. The third kappa shape index (κ3) is 3.90. The average Bonchev–Trinajstić information content (AvgIpc) is 2.97. The number of methoxy groups -OCH3 is 1. The van der Waals surface area contributed by atoms with E-state index in [1.165, 1.54) is 18.4 Å². The van der Waals surface area contributed by atoms with E-state index in [9.17, 15) is 9.59 Å². The molecule has 0 aliphatic carbocycles. The molecule has 0 amide bonds. The van der Waals surface area contributed by atoms with Crippen molar-refractivity contribution >= 4 is 17.4 Å². The van der Waals surface area contributed by atoms with Gasteiger partial charge in [0.15, 0.2) is 5.78 Å². The van der Waals surface area contributed by atoms with Crippen molar-refractivity contribution in [3.8, 4) is 0 Å². The van der Waals surface area contributed by atoms with Gasteiger partial charge in [-0.25, -0.2) is 4.79 Å². The number of carbonyl (C=O) groups is 2. The molecule has 144 valence electrons. The van der Waals surface area contributed by atoms with Gasteiger partial charge in [0, 0.05) is 37.6 Å². The summed E-state index contributed by atoms with van der Waals surface area (Å²) in [4.78, 5) is 32.3. The van der Waals surface area contributed by atoms with Gasteiger partial charge in [-0.2, -0.15) is 0 Å². The highest BCUT2D eigenvalue weighted by molar-refractivity contribution is 6.02. The maximum Gasteiger partial charge on any atom is 0.339 e. The van der Waals surface area contributed by atoms with Crippen molar-refractivity contribution < 1.29 is 14.3 Å². The molecule has 0 spiro atoms. The van der Waals surface area contributed by atoms with Gasteiger partial charge in [-0.1, -0.05) is 18.2 Å². The number of esters is 1. The van der Waals surface area contributed by atoms with E-state index in [4.69, 9.17) is 4.74 Å². The molecule has 6 heteroatoms. The Kier molecular flexibility index (Phi) is 5.65. The number of hydrogen-bond acceptors (Lipinski definition) is 5. The van der Waals surface area contributed by atoms with Gasteiger partial charge >= 0.3 is 5.97 Å². The third-order valence-corrected chi connectivity index (χ3v) is 5.30. The molecule has 2 heterocycles. The molecule has 0 bridgehead atoms. The molecule has 1 aliphatic heterocycles. The molecular formula is C21H27N3O3. The van der Waals surface area contributed by atoms with E-state index in [2.05, 4.69) is 46.0 Å². The van der Waals surface area contributed by atoms with Crippen LogP contribution in [0.1, 0.15) is 37.7 Å². The molecule has 6 nitrogen and oxygen atoms in total. The van der Waals surface area contributed by atoms with Crippen LogP contribution in [-0.2, 0) is 4.74 Å². The number of aromatic amines is 1. The van der Waals surface area contributed by atoms with Gasteiger partial charge < -0.3 is 14.6 Å². The predicted molar refractivity (Wildman–Crippen MR) is 106 cm³/mol. The molecule has 1 aliphatic rings. The van der Waals surface area contributed by atoms with E-state index < -0.39 is 5.97 Å². The number of Topliss-reactive ketones (excluding diaryl/α,β-unsaturated/α-hetero) is 1. The van der Waals surface area contributed by atoms with Crippen LogP contribution in [0.3, 0.4) is 0 Å². The van der Waals surface area contributed by atoms with Gasteiger partial charge in [-0.3, -0.25) is 9.69 Å². The van der Waals surface area contributed by atoms with Gasteiger partial charge in [-0.15, -0.1) is 0 Å². The van der Waals surface area contributed by atoms with Crippen molar-refractivity contribution in [3.63, 3.8) is 0 Å². The molecule has 1 aromatic heterocycles. The van der Waals surface area contributed by atoms with Crippen molar-refractivity contribution in [2.75, 3.05) is 44.7 Å². The topological polar surface area (TPSA) is 65.6 Å². The van der Waals surface area contributed by atoms with Crippen LogP contribution in [0.15, 0.2) is 24.3 Å². The first-order valence-electron chi connectivity index (χ1n) is 9.26. The minimum Gasteiger partial charge on any atom is -0.465 e. The molecule has 0 saturated carbocycles. The lowest BCUT2D eigenvalue weighted by molar-refractivity contribution is 0.0599. The number of para-hydroxylation sites is 1. The number of piperazine rings is 1. The first kappa shape index (κ1) is 19.2. The number of aromatic nitrogens is 1. The number of nitrogens with one attached hydrogen (secondary N) is 1. The lowest BCUT2D eigenvalue weighted by Crippen LogP contribution is -2.48. The summed E-state index contributed by atoms with van der Waals surface area (Å²) >= 11 is 0. The third-order valence-electron chi connectivity index (χ3n) is 5.30. The lowest BCUT2D eigenvalue weighted by atomic mass is 10.1. The summed E-state index contributed by atoms with van der Waals surface area (Å²) in [6, 6.07) is 8.39. The summed E-state index contributed by atoms with van der Waals surface area (Å²) < 4.78 is 4.82. The van der Waals surface area contributed by atoms with Crippen LogP contribution in [0.4, 0.5) is 5.69 Å². The Hall–Kier alpha value is -2.60. The Morgan fingerprint density at radius 3 is 2.37 bits per heavy atom. The van der Waals surface area contributed by atoms with E-state index >= 15 is 0 Å². The summed E-state index contributed by atoms with van der Waals surface area (Å²) in [6.45, 7) is 9.52. The Morgan fingerprint density at radius 2 is 1.74 bits per heavy atom. The van der Waals surface area contributed by atoms with E-state index in [1.807, 2.05) is 0 Å². The van der Waals surface area contributed by atoms with Crippen molar-refractivity contribution in [3.05, 3.63) is 52.3 Å². The van der Waals surface area contributed by atoms with Crippen molar-refractivity contribution in [2.45, 2.75) is 20.8 Å². The Bertz CT molecular complexity index is 848. The second kappa shape index (κ2) is 7.96. The molecule has 27 heavy (non-hydrogen) atoms. The summed E-state index contributed by atoms with van der Waals surface area (Å²) in [5.74, 6) is -0.401. The molecule has 0 radical (unpaired) electrons. The number of hydrogen-bond donors (Lipinski definition) is 1. The van der Waals surface area contributed by atoms with Crippen LogP contribution in [0, 0.1) is 20.8 Å². The first-order valence-corrected chi connectivity index (χ1v) is 9.26. The Balaban J connectivity index is 1.64.